The van der Waals surface area contributed by atoms with Crippen molar-refractivity contribution in [2.75, 3.05) is 26.2 Å². The molecule has 0 saturated carbocycles. The molecular formula is C18H28N4O. The number of guanidine groups is 1. The lowest BCUT2D eigenvalue weighted by atomic mass is 10.1. The SMILES string of the molecule is CCNC(=NCc1ccccc1CC)NCC(=O)N1CCCC1. The number of rotatable bonds is 6. The standard InChI is InChI=1S/C18H28N4O/c1-3-15-9-5-6-10-16(15)13-20-18(19-4-2)21-14-17(23)22-11-7-8-12-22/h5-6,9-10H,3-4,7-8,11-14H2,1-2H3,(H2,19,20,21). The zero-order chi connectivity index (χ0) is 16.5. The second-order valence-electron chi connectivity index (χ2n) is 5.76. The zero-order valence-electron chi connectivity index (χ0n) is 14.3. The molecule has 1 aliphatic heterocycles. The molecular weight excluding hydrogens is 288 g/mol. The first kappa shape index (κ1) is 17.3. The molecule has 2 N–H and O–H groups in total. The summed E-state index contributed by atoms with van der Waals surface area (Å²) >= 11 is 0. The smallest absolute Gasteiger partial charge is 0.241 e. The molecule has 0 aliphatic carbocycles. The second kappa shape index (κ2) is 9.18. The summed E-state index contributed by atoms with van der Waals surface area (Å²) in [4.78, 5) is 18.6. The number of benzene rings is 1. The van der Waals surface area contributed by atoms with Gasteiger partial charge in [-0.15, -0.1) is 0 Å². The van der Waals surface area contributed by atoms with Crippen molar-refractivity contribution in [1.82, 2.24) is 15.5 Å². The lowest BCUT2D eigenvalue weighted by molar-refractivity contribution is -0.128. The van der Waals surface area contributed by atoms with Crippen LogP contribution in [0.1, 0.15) is 37.8 Å². The molecule has 0 radical (unpaired) electrons. The summed E-state index contributed by atoms with van der Waals surface area (Å²) in [5, 5.41) is 6.36. The maximum absolute atomic E-state index is 12.1. The van der Waals surface area contributed by atoms with Crippen molar-refractivity contribution in [3.63, 3.8) is 0 Å². The van der Waals surface area contributed by atoms with E-state index < -0.39 is 0 Å². The zero-order valence-corrected chi connectivity index (χ0v) is 14.3. The van der Waals surface area contributed by atoms with Gasteiger partial charge in [0.1, 0.15) is 0 Å². The molecule has 0 bridgehead atoms. The third-order valence-electron chi connectivity index (χ3n) is 4.12. The average Bonchev–Trinajstić information content (AvgIpc) is 3.12. The van der Waals surface area contributed by atoms with Crippen LogP contribution >= 0.6 is 0 Å². The van der Waals surface area contributed by atoms with Gasteiger partial charge in [0, 0.05) is 19.6 Å². The van der Waals surface area contributed by atoms with Gasteiger partial charge in [-0.1, -0.05) is 31.2 Å². The molecule has 1 heterocycles. The Kier molecular flexibility index (Phi) is 6.91. The highest BCUT2D eigenvalue weighted by Gasteiger charge is 2.17. The van der Waals surface area contributed by atoms with Crippen LogP contribution in [0.2, 0.25) is 0 Å². The molecule has 2 rings (SSSR count). The van der Waals surface area contributed by atoms with Crippen LogP contribution in [0.3, 0.4) is 0 Å². The minimum atomic E-state index is 0.155. The number of amides is 1. The summed E-state index contributed by atoms with van der Waals surface area (Å²) in [5.74, 6) is 0.855. The highest BCUT2D eigenvalue weighted by atomic mass is 16.2. The monoisotopic (exact) mass is 316 g/mol. The van der Waals surface area contributed by atoms with Crippen LogP contribution in [0.5, 0.6) is 0 Å². The molecule has 1 amide bonds. The fraction of sp³-hybridized carbons (Fsp3) is 0.556. The minimum absolute atomic E-state index is 0.155. The van der Waals surface area contributed by atoms with Gasteiger partial charge in [0.2, 0.25) is 5.91 Å². The first-order valence-electron chi connectivity index (χ1n) is 8.61. The van der Waals surface area contributed by atoms with Crippen LogP contribution in [0.15, 0.2) is 29.3 Å². The van der Waals surface area contributed by atoms with Gasteiger partial charge >= 0.3 is 0 Å². The van der Waals surface area contributed by atoms with Crippen LogP contribution < -0.4 is 10.6 Å². The Morgan fingerprint density at radius 1 is 1.13 bits per heavy atom. The van der Waals surface area contributed by atoms with Crippen molar-refractivity contribution >= 4 is 11.9 Å². The Morgan fingerprint density at radius 2 is 1.83 bits per heavy atom. The van der Waals surface area contributed by atoms with E-state index in [1.54, 1.807) is 0 Å². The first-order chi connectivity index (χ1) is 11.2. The molecule has 0 unspecified atom stereocenters. The highest BCUT2D eigenvalue weighted by molar-refractivity contribution is 5.86. The van der Waals surface area contributed by atoms with Gasteiger partial charge in [0.25, 0.3) is 0 Å². The number of hydrogen-bond acceptors (Lipinski definition) is 2. The Hall–Kier alpha value is -2.04. The summed E-state index contributed by atoms with van der Waals surface area (Å²) in [6.07, 6.45) is 3.24. The van der Waals surface area contributed by atoms with Crippen molar-refractivity contribution in [2.24, 2.45) is 4.99 Å². The summed E-state index contributed by atoms with van der Waals surface area (Å²) in [6, 6.07) is 8.36. The van der Waals surface area contributed by atoms with Crippen molar-refractivity contribution in [3.8, 4) is 0 Å². The predicted molar refractivity (Wildman–Crippen MR) is 94.5 cm³/mol. The van der Waals surface area contributed by atoms with Crippen molar-refractivity contribution in [3.05, 3.63) is 35.4 Å². The fourth-order valence-corrected chi connectivity index (χ4v) is 2.80. The van der Waals surface area contributed by atoms with Crippen LogP contribution in [0, 0.1) is 0 Å². The Bertz CT molecular complexity index is 536. The van der Waals surface area contributed by atoms with E-state index in [0.29, 0.717) is 19.0 Å². The van der Waals surface area contributed by atoms with Gasteiger partial charge in [-0.25, -0.2) is 4.99 Å². The van der Waals surface area contributed by atoms with Crippen molar-refractivity contribution < 1.29 is 4.79 Å². The number of aliphatic imine (C=N–C) groups is 1. The minimum Gasteiger partial charge on any atom is -0.357 e. The number of carbonyl (C=O) groups is 1. The number of nitrogens with one attached hydrogen (secondary N) is 2. The molecule has 23 heavy (non-hydrogen) atoms. The van der Waals surface area contributed by atoms with Gasteiger partial charge < -0.3 is 15.5 Å². The molecule has 5 heteroatoms. The molecule has 0 spiro atoms. The van der Waals surface area contributed by atoms with Gasteiger partial charge in [0.05, 0.1) is 13.1 Å². The maximum Gasteiger partial charge on any atom is 0.241 e. The molecule has 1 saturated heterocycles. The molecule has 1 aliphatic rings. The largest absolute Gasteiger partial charge is 0.357 e. The van der Waals surface area contributed by atoms with E-state index in [1.165, 1.54) is 11.1 Å². The molecule has 126 valence electrons. The van der Waals surface area contributed by atoms with Crippen LogP contribution in [0.4, 0.5) is 0 Å². The maximum atomic E-state index is 12.1. The molecule has 1 fully saturated rings. The van der Waals surface area contributed by atoms with E-state index in [0.717, 1.165) is 38.9 Å². The third kappa shape index (κ3) is 5.27. The normalized spacial score (nSPS) is 14.9. The topological polar surface area (TPSA) is 56.7 Å². The van der Waals surface area contributed by atoms with Gasteiger partial charge in [-0.05, 0) is 37.3 Å². The number of nitrogens with zero attached hydrogens (tertiary/aromatic N) is 2. The van der Waals surface area contributed by atoms with E-state index in [9.17, 15) is 4.79 Å². The van der Waals surface area contributed by atoms with Crippen LogP contribution in [-0.2, 0) is 17.8 Å². The second-order valence-corrected chi connectivity index (χ2v) is 5.76. The van der Waals surface area contributed by atoms with Gasteiger partial charge in [0.15, 0.2) is 5.96 Å². The van der Waals surface area contributed by atoms with Gasteiger partial charge in [-0.3, -0.25) is 4.79 Å². The number of aryl methyl sites for hydroxylation is 1. The molecule has 5 nitrogen and oxygen atoms in total. The van der Waals surface area contributed by atoms with Crippen molar-refractivity contribution in [2.45, 2.75) is 39.7 Å². The Balaban J connectivity index is 1.92. The summed E-state index contributed by atoms with van der Waals surface area (Å²) in [5.41, 5.74) is 2.55. The highest BCUT2D eigenvalue weighted by Crippen LogP contribution is 2.10. The lowest BCUT2D eigenvalue weighted by Gasteiger charge is -2.17. The van der Waals surface area contributed by atoms with Gasteiger partial charge in [-0.2, -0.15) is 0 Å². The summed E-state index contributed by atoms with van der Waals surface area (Å²) < 4.78 is 0. The predicted octanol–water partition coefficient (Wildman–Crippen LogP) is 1.93. The first-order valence-corrected chi connectivity index (χ1v) is 8.61. The number of hydrogen-bond donors (Lipinski definition) is 2. The molecule has 1 aromatic rings. The molecule has 0 aromatic heterocycles. The Labute approximate surface area is 139 Å². The molecule has 0 atom stereocenters. The Morgan fingerprint density at radius 3 is 2.48 bits per heavy atom. The number of carbonyl (C=O) groups excluding carboxylic acids is 1. The quantitative estimate of drug-likeness (QED) is 0.623. The van der Waals surface area contributed by atoms with E-state index in [1.807, 2.05) is 17.9 Å². The van der Waals surface area contributed by atoms with E-state index in [-0.39, 0.29) is 5.91 Å². The molecule has 1 aromatic carbocycles. The number of likely N-dealkylation sites (tertiary alicyclic amines) is 1. The van der Waals surface area contributed by atoms with E-state index in [4.69, 9.17) is 0 Å². The lowest BCUT2D eigenvalue weighted by Crippen LogP contribution is -2.44. The third-order valence-corrected chi connectivity index (χ3v) is 4.12. The fourth-order valence-electron chi connectivity index (χ4n) is 2.80. The summed E-state index contributed by atoms with van der Waals surface area (Å²) in [6.45, 7) is 7.66. The summed E-state index contributed by atoms with van der Waals surface area (Å²) in [7, 11) is 0. The van der Waals surface area contributed by atoms with Crippen LogP contribution in [0.25, 0.3) is 0 Å². The van der Waals surface area contributed by atoms with E-state index in [2.05, 4.69) is 40.7 Å². The van der Waals surface area contributed by atoms with Crippen molar-refractivity contribution in [1.29, 1.82) is 0 Å². The average molecular weight is 316 g/mol. The van der Waals surface area contributed by atoms with Crippen LogP contribution in [-0.4, -0.2) is 42.9 Å². The van der Waals surface area contributed by atoms with E-state index >= 15 is 0 Å².